The second-order valence-electron chi connectivity index (χ2n) is 6.09. The highest BCUT2D eigenvalue weighted by Crippen LogP contribution is 2.50. The molecule has 1 aliphatic carbocycles. The Morgan fingerprint density at radius 1 is 1.44 bits per heavy atom. The molecular weight excluding hydrogens is 222 g/mol. The molecule has 1 N–H and O–H groups in total. The normalized spacial score (nSPS) is 21.4. The average Bonchev–Trinajstić information content (AvgIpc) is 2.79. The highest BCUT2D eigenvalue weighted by Gasteiger charge is 2.44. The lowest BCUT2D eigenvalue weighted by Crippen LogP contribution is -2.19. The standard InChI is InChI=1S/C15H21N3/c1-11-13(10-16-9-12-8-15(12,2)3)18-7-5-4-6-14(18)17-11/h4-7,12,16H,8-10H2,1-3H3. The Labute approximate surface area is 108 Å². The molecular formula is C15H21N3. The number of aryl methyl sites for hydroxylation is 1. The smallest absolute Gasteiger partial charge is 0.137 e. The Balaban J connectivity index is 1.69. The number of hydrogen-bond acceptors (Lipinski definition) is 2. The van der Waals surface area contributed by atoms with Crippen LogP contribution in [0.4, 0.5) is 0 Å². The van der Waals surface area contributed by atoms with E-state index in [1.165, 1.54) is 12.1 Å². The molecule has 1 saturated carbocycles. The minimum atomic E-state index is 0.557. The SMILES string of the molecule is Cc1nc2ccccn2c1CNCC1CC1(C)C. The molecule has 0 spiro atoms. The molecule has 0 bridgehead atoms. The van der Waals surface area contributed by atoms with Gasteiger partial charge >= 0.3 is 0 Å². The van der Waals surface area contributed by atoms with Gasteiger partial charge in [-0.1, -0.05) is 19.9 Å². The average molecular weight is 243 g/mol. The maximum Gasteiger partial charge on any atom is 0.137 e. The van der Waals surface area contributed by atoms with Gasteiger partial charge in [-0.05, 0) is 43.4 Å². The van der Waals surface area contributed by atoms with Crippen LogP contribution in [-0.4, -0.2) is 15.9 Å². The molecule has 0 aliphatic heterocycles. The van der Waals surface area contributed by atoms with E-state index in [-0.39, 0.29) is 0 Å². The number of fused-ring (bicyclic) bond motifs is 1. The molecule has 0 saturated heterocycles. The maximum absolute atomic E-state index is 4.58. The van der Waals surface area contributed by atoms with Gasteiger partial charge in [0.25, 0.3) is 0 Å². The van der Waals surface area contributed by atoms with Crippen LogP contribution in [0.25, 0.3) is 5.65 Å². The summed E-state index contributed by atoms with van der Waals surface area (Å²) in [4.78, 5) is 4.58. The fraction of sp³-hybridized carbons (Fsp3) is 0.533. The Morgan fingerprint density at radius 2 is 2.22 bits per heavy atom. The Hall–Kier alpha value is -1.35. The van der Waals surface area contributed by atoms with Gasteiger partial charge in [0.2, 0.25) is 0 Å². The van der Waals surface area contributed by atoms with Crippen molar-refractivity contribution in [2.45, 2.75) is 33.7 Å². The lowest BCUT2D eigenvalue weighted by Gasteiger charge is -2.07. The van der Waals surface area contributed by atoms with E-state index in [1.54, 1.807) is 0 Å². The molecule has 18 heavy (non-hydrogen) atoms. The highest BCUT2D eigenvalue weighted by molar-refractivity contribution is 5.42. The molecule has 1 fully saturated rings. The van der Waals surface area contributed by atoms with Crippen LogP contribution < -0.4 is 5.32 Å². The van der Waals surface area contributed by atoms with Crippen molar-refractivity contribution in [2.24, 2.45) is 11.3 Å². The molecule has 3 heteroatoms. The van der Waals surface area contributed by atoms with Crippen molar-refractivity contribution in [3.8, 4) is 0 Å². The summed E-state index contributed by atoms with van der Waals surface area (Å²) in [6.45, 7) is 8.80. The molecule has 1 atom stereocenters. The van der Waals surface area contributed by atoms with Crippen LogP contribution in [0, 0.1) is 18.3 Å². The minimum Gasteiger partial charge on any atom is -0.311 e. The Morgan fingerprint density at radius 3 is 2.94 bits per heavy atom. The predicted molar refractivity (Wildman–Crippen MR) is 73.5 cm³/mol. The second-order valence-corrected chi connectivity index (χ2v) is 6.09. The molecule has 3 nitrogen and oxygen atoms in total. The summed E-state index contributed by atoms with van der Waals surface area (Å²) in [6, 6.07) is 6.15. The van der Waals surface area contributed by atoms with Crippen molar-refractivity contribution in [1.29, 1.82) is 0 Å². The fourth-order valence-corrected chi connectivity index (χ4v) is 2.67. The van der Waals surface area contributed by atoms with E-state index < -0.39 is 0 Å². The van der Waals surface area contributed by atoms with E-state index >= 15 is 0 Å². The van der Waals surface area contributed by atoms with Crippen LogP contribution in [0.2, 0.25) is 0 Å². The van der Waals surface area contributed by atoms with Crippen LogP contribution in [-0.2, 0) is 6.54 Å². The lowest BCUT2D eigenvalue weighted by molar-refractivity contribution is 0.516. The fourth-order valence-electron chi connectivity index (χ4n) is 2.67. The number of hydrogen-bond donors (Lipinski definition) is 1. The molecule has 1 aliphatic rings. The van der Waals surface area contributed by atoms with E-state index in [9.17, 15) is 0 Å². The van der Waals surface area contributed by atoms with Gasteiger partial charge in [-0.25, -0.2) is 4.98 Å². The van der Waals surface area contributed by atoms with Gasteiger partial charge in [-0.3, -0.25) is 0 Å². The molecule has 0 amide bonds. The van der Waals surface area contributed by atoms with Crippen LogP contribution >= 0.6 is 0 Å². The third-order valence-corrected chi connectivity index (χ3v) is 4.23. The van der Waals surface area contributed by atoms with Gasteiger partial charge in [0.1, 0.15) is 5.65 Å². The first kappa shape index (κ1) is 11.7. The predicted octanol–water partition coefficient (Wildman–Crippen LogP) is 2.78. The largest absolute Gasteiger partial charge is 0.311 e. The minimum absolute atomic E-state index is 0.557. The number of aromatic nitrogens is 2. The van der Waals surface area contributed by atoms with Crippen molar-refractivity contribution < 1.29 is 0 Å². The molecule has 0 radical (unpaired) electrons. The molecule has 2 heterocycles. The third-order valence-electron chi connectivity index (χ3n) is 4.23. The van der Waals surface area contributed by atoms with E-state index in [0.717, 1.165) is 30.3 Å². The number of nitrogens with one attached hydrogen (secondary N) is 1. The Kier molecular flexibility index (Phi) is 2.67. The first-order chi connectivity index (χ1) is 8.58. The first-order valence-corrected chi connectivity index (χ1v) is 6.71. The van der Waals surface area contributed by atoms with Crippen molar-refractivity contribution in [2.75, 3.05) is 6.54 Å². The Bertz CT molecular complexity index is 568. The third kappa shape index (κ3) is 2.03. The summed E-state index contributed by atoms with van der Waals surface area (Å²) >= 11 is 0. The van der Waals surface area contributed by atoms with Crippen molar-refractivity contribution in [3.63, 3.8) is 0 Å². The summed E-state index contributed by atoms with van der Waals surface area (Å²) in [5, 5.41) is 3.58. The molecule has 1 unspecified atom stereocenters. The van der Waals surface area contributed by atoms with Crippen molar-refractivity contribution >= 4 is 5.65 Å². The zero-order valence-electron chi connectivity index (χ0n) is 11.4. The van der Waals surface area contributed by atoms with Crippen LogP contribution in [0.5, 0.6) is 0 Å². The van der Waals surface area contributed by atoms with E-state index in [0.29, 0.717) is 5.41 Å². The zero-order valence-corrected chi connectivity index (χ0v) is 11.4. The number of nitrogens with zero attached hydrogens (tertiary/aromatic N) is 2. The zero-order chi connectivity index (χ0) is 12.8. The van der Waals surface area contributed by atoms with Crippen LogP contribution in [0.15, 0.2) is 24.4 Å². The summed E-state index contributed by atoms with van der Waals surface area (Å²) in [7, 11) is 0. The number of rotatable bonds is 4. The molecule has 96 valence electrons. The van der Waals surface area contributed by atoms with Gasteiger partial charge in [-0.15, -0.1) is 0 Å². The summed E-state index contributed by atoms with van der Waals surface area (Å²) in [5.41, 5.74) is 4.01. The van der Waals surface area contributed by atoms with Gasteiger partial charge in [0, 0.05) is 12.7 Å². The molecule has 2 aromatic rings. The van der Waals surface area contributed by atoms with Gasteiger partial charge < -0.3 is 9.72 Å². The maximum atomic E-state index is 4.58. The van der Waals surface area contributed by atoms with Gasteiger partial charge in [0.15, 0.2) is 0 Å². The highest BCUT2D eigenvalue weighted by atomic mass is 15.0. The number of imidazole rings is 1. The van der Waals surface area contributed by atoms with Gasteiger partial charge in [0.05, 0.1) is 11.4 Å². The van der Waals surface area contributed by atoms with E-state index in [1.807, 2.05) is 6.07 Å². The monoisotopic (exact) mass is 243 g/mol. The quantitative estimate of drug-likeness (QED) is 0.894. The first-order valence-electron chi connectivity index (χ1n) is 6.71. The van der Waals surface area contributed by atoms with Gasteiger partial charge in [-0.2, -0.15) is 0 Å². The van der Waals surface area contributed by atoms with Crippen molar-refractivity contribution in [3.05, 3.63) is 35.8 Å². The van der Waals surface area contributed by atoms with Crippen molar-refractivity contribution in [1.82, 2.24) is 14.7 Å². The molecule has 2 aromatic heterocycles. The van der Waals surface area contributed by atoms with Crippen LogP contribution in [0.3, 0.4) is 0 Å². The van der Waals surface area contributed by atoms with E-state index in [2.05, 4.69) is 53.8 Å². The number of pyridine rings is 1. The summed E-state index contributed by atoms with van der Waals surface area (Å²) in [5.74, 6) is 0.844. The lowest BCUT2D eigenvalue weighted by atomic mass is 10.1. The topological polar surface area (TPSA) is 29.3 Å². The summed E-state index contributed by atoms with van der Waals surface area (Å²) < 4.78 is 2.18. The van der Waals surface area contributed by atoms with E-state index in [4.69, 9.17) is 0 Å². The molecule has 0 aromatic carbocycles. The molecule has 3 rings (SSSR count). The summed E-state index contributed by atoms with van der Waals surface area (Å²) in [6.07, 6.45) is 3.44. The van der Waals surface area contributed by atoms with Crippen LogP contribution in [0.1, 0.15) is 31.7 Å². The second kappa shape index (κ2) is 4.09.